The number of nitrogens with zero attached hydrogens (tertiary/aromatic N) is 2. The molecule has 1 heterocycles. The Morgan fingerprint density at radius 2 is 1.74 bits per heavy atom. The van der Waals surface area contributed by atoms with E-state index >= 15 is 0 Å². The Morgan fingerprint density at radius 3 is 2.30 bits per heavy atom. The second kappa shape index (κ2) is 7.06. The van der Waals surface area contributed by atoms with Crippen molar-refractivity contribution in [2.45, 2.75) is 13.3 Å². The summed E-state index contributed by atoms with van der Waals surface area (Å²) in [5.74, 6) is 0.0876. The van der Waals surface area contributed by atoms with E-state index in [1.165, 1.54) is 10.6 Å². The number of benzene rings is 1. The van der Waals surface area contributed by atoms with E-state index in [2.05, 4.69) is 9.62 Å². The first-order valence-corrected chi connectivity index (χ1v) is 11.0. The van der Waals surface area contributed by atoms with Gasteiger partial charge in [-0.2, -0.15) is 4.31 Å². The molecule has 23 heavy (non-hydrogen) atoms. The fraction of sp³-hybridized carbons (Fsp3) is 0.571. The Morgan fingerprint density at radius 1 is 1.09 bits per heavy atom. The fourth-order valence-electron chi connectivity index (χ4n) is 2.54. The van der Waals surface area contributed by atoms with Crippen LogP contribution in [0, 0.1) is 0 Å². The highest BCUT2D eigenvalue weighted by molar-refractivity contribution is 7.92. The molecule has 1 aromatic rings. The maximum Gasteiger partial charge on any atom is 0.232 e. The SMILES string of the molecule is CCCS(=O)(=O)Nc1cccc(N2CCN(S(C)(=O)=O)CC2)c1. The van der Waals surface area contributed by atoms with Crippen LogP contribution in [0.3, 0.4) is 0 Å². The lowest BCUT2D eigenvalue weighted by Crippen LogP contribution is -2.48. The van der Waals surface area contributed by atoms with Gasteiger partial charge >= 0.3 is 0 Å². The zero-order valence-corrected chi connectivity index (χ0v) is 15.0. The Bertz CT molecular complexity index is 739. The van der Waals surface area contributed by atoms with E-state index in [-0.39, 0.29) is 5.75 Å². The first-order valence-electron chi connectivity index (χ1n) is 7.52. The lowest BCUT2D eigenvalue weighted by atomic mass is 10.2. The van der Waals surface area contributed by atoms with Gasteiger partial charge in [-0.1, -0.05) is 13.0 Å². The van der Waals surface area contributed by atoms with Crippen molar-refractivity contribution in [3.63, 3.8) is 0 Å². The van der Waals surface area contributed by atoms with Gasteiger partial charge in [0.1, 0.15) is 0 Å². The summed E-state index contributed by atoms with van der Waals surface area (Å²) in [5.41, 5.74) is 1.41. The molecule has 0 radical (unpaired) electrons. The quantitative estimate of drug-likeness (QED) is 0.814. The number of rotatable bonds is 6. The topological polar surface area (TPSA) is 86.8 Å². The van der Waals surface area contributed by atoms with Crippen molar-refractivity contribution < 1.29 is 16.8 Å². The normalized spacial score (nSPS) is 17.2. The first kappa shape index (κ1) is 18.0. The smallest absolute Gasteiger partial charge is 0.232 e. The van der Waals surface area contributed by atoms with Crippen LogP contribution in [0.1, 0.15) is 13.3 Å². The van der Waals surface area contributed by atoms with Crippen LogP contribution < -0.4 is 9.62 Å². The highest BCUT2D eigenvalue weighted by atomic mass is 32.2. The molecule has 1 aromatic carbocycles. The van der Waals surface area contributed by atoms with Gasteiger partial charge in [0.05, 0.1) is 17.7 Å². The predicted molar refractivity (Wildman–Crippen MR) is 92.8 cm³/mol. The van der Waals surface area contributed by atoms with Crippen LogP contribution in [-0.2, 0) is 20.0 Å². The molecule has 0 spiro atoms. The summed E-state index contributed by atoms with van der Waals surface area (Å²) in [4.78, 5) is 2.05. The fourth-order valence-corrected chi connectivity index (χ4v) is 4.50. The van der Waals surface area contributed by atoms with Gasteiger partial charge in [0.15, 0.2) is 0 Å². The average molecular weight is 361 g/mol. The number of anilines is 2. The van der Waals surface area contributed by atoms with E-state index in [1.807, 2.05) is 13.0 Å². The molecular weight excluding hydrogens is 338 g/mol. The van der Waals surface area contributed by atoms with Crippen molar-refractivity contribution in [2.24, 2.45) is 0 Å². The van der Waals surface area contributed by atoms with Crippen LogP contribution in [0.25, 0.3) is 0 Å². The minimum absolute atomic E-state index is 0.0876. The Hall–Kier alpha value is -1.32. The minimum atomic E-state index is -3.32. The lowest BCUT2D eigenvalue weighted by molar-refractivity contribution is 0.388. The van der Waals surface area contributed by atoms with Crippen LogP contribution >= 0.6 is 0 Å². The van der Waals surface area contributed by atoms with Crippen LogP contribution in [0.4, 0.5) is 11.4 Å². The Labute approximate surface area is 138 Å². The molecule has 0 aliphatic carbocycles. The molecule has 9 heteroatoms. The molecule has 0 atom stereocenters. The van der Waals surface area contributed by atoms with E-state index in [0.717, 1.165) is 5.69 Å². The van der Waals surface area contributed by atoms with Crippen molar-refractivity contribution in [1.82, 2.24) is 4.31 Å². The van der Waals surface area contributed by atoms with E-state index in [1.54, 1.807) is 18.2 Å². The van der Waals surface area contributed by atoms with Gasteiger partial charge in [0, 0.05) is 31.9 Å². The molecule has 0 aromatic heterocycles. The van der Waals surface area contributed by atoms with Gasteiger partial charge in [0.25, 0.3) is 0 Å². The summed E-state index contributed by atoms with van der Waals surface area (Å²) in [7, 11) is -6.47. The van der Waals surface area contributed by atoms with E-state index in [0.29, 0.717) is 38.3 Å². The lowest BCUT2D eigenvalue weighted by Gasteiger charge is -2.34. The number of sulfonamides is 2. The van der Waals surface area contributed by atoms with Crippen molar-refractivity contribution >= 4 is 31.4 Å². The zero-order chi connectivity index (χ0) is 17.1. The molecule has 1 N–H and O–H groups in total. The summed E-state index contributed by atoms with van der Waals surface area (Å²) in [6.07, 6.45) is 1.77. The molecular formula is C14H23N3O4S2. The van der Waals surface area contributed by atoms with E-state index in [9.17, 15) is 16.8 Å². The van der Waals surface area contributed by atoms with Crippen LogP contribution in [-0.4, -0.2) is 59.3 Å². The molecule has 0 saturated carbocycles. The molecule has 0 amide bonds. The molecule has 0 bridgehead atoms. The summed E-state index contributed by atoms with van der Waals surface area (Å²) in [6, 6.07) is 7.18. The highest BCUT2D eigenvalue weighted by Gasteiger charge is 2.23. The summed E-state index contributed by atoms with van der Waals surface area (Å²) in [5, 5.41) is 0. The third kappa shape index (κ3) is 5.08. The largest absolute Gasteiger partial charge is 0.369 e. The van der Waals surface area contributed by atoms with E-state index in [4.69, 9.17) is 0 Å². The van der Waals surface area contributed by atoms with Crippen LogP contribution in [0.2, 0.25) is 0 Å². The Kier molecular flexibility index (Phi) is 5.53. The van der Waals surface area contributed by atoms with Crippen molar-refractivity contribution in [3.05, 3.63) is 24.3 Å². The van der Waals surface area contributed by atoms with Crippen LogP contribution in [0.5, 0.6) is 0 Å². The standard InChI is InChI=1S/C14H23N3O4S2/c1-3-11-23(20,21)15-13-5-4-6-14(12-13)16-7-9-17(10-8-16)22(2,18)19/h4-6,12,15H,3,7-11H2,1-2H3. The van der Waals surface area contributed by atoms with Gasteiger partial charge in [0.2, 0.25) is 20.0 Å². The number of nitrogens with one attached hydrogen (secondary N) is 1. The molecule has 1 fully saturated rings. The molecule has 0 unspecified atom stereocenters. The summed E-state index contributed by atoms with van der Waals surface area (Å²) < 4.78 is 50.8. The Balaban J connectivity index is 2.07. The number of hydrogen-bond acceptors (Lipinski definition) is 5. The molecule has 2 rings (SSSR count). The number of hydrogen-bond donors (Lipinski definition) is 1. The highest BCUT2D eigenvalue weighted by Crippen LogP contribution is 2.22. The second-order valence-corrected chi connectivity index (χ2v) is 9.44. The van der Waals surface area contributed by atoms with Gasteiger partial charge in [-0.3, -0.25) is 4.72 Å². The van der Waals surface area contributed by atoms with Gasteiger partial charge in [-0.15, -0.1) is 0 Å². The van der Waals surface area contributed by atoms with E-state index < -0.39 is 20.0 Å². The predicted octanol–water partition coefficient (Wildman–Crippen LogP) is 0.920. The van der Waals surface area contributed by atoms with Crippen molar-refractivity contribution in [2.75, 3.05) is 47.8 Å². The third-order valence-electron chi connectivity index (χ3n) is 3.67. The molecule has 1 saturated heterocycles. The molecule has 130 valence electrons. The first-order chi connectivity index (χ1) is 10.7. The van der Waals surface area contributed by atoms with Crippen LogP contribution in [0.15, 0.2) is 24.3 Å². The maximum absolute atomic E-state index is 11.8. The van der Waals surface area contributed by atoms with Crippen molar-refractivity contribution in [1.29, 1.82) is 0 Å². The second-order valence-electron chi connectivity index (χ2n) is 5.62. The average Bonchev–Trinajstić information content (AvgIpc) is 2.46. The summed E-state index contributed by atoms with van der Waals surface area (Å²) >= 11 is 0. The molecule has 1 aliphatic heterocycles. The maximum atomic E-state index is 11.8. The van der Waals surface area contributed by atoms with Gasteiger partial charge in [-0.05, 0) is 24.6 Å². The number of piperazine rings is 1. The van der Waals surface area contributed by atoms with Crippen molar-refractivity contribution in [3.8, 4) is 0 Å². The summed E-state index contributed by atoms with van der Waals surface area (Å²) in [6.45, 7) is 3.85. The molecule has 7 nitrogen and oxygen atoms in total. The molecule has 1 aliphatic rings. The zero-order valence-electron chi connectivity index (χ0n) is 13.4. The van der Waals surface area contributed by atoms with Gasteiger partial charge < -0.3 is 4.90 Å². The monoisotopic (exact) mass is 361 g/mol. The minimum Gasteiger partial charge on any atom is -0.369 e. The van der Waals surface area contributed by atoms with Gasteiger partial charge in [-0.25, -0.2) is 16.8 Å². The third-order valence-corrected chi connectivity index (χ3v) is 6.46.